The Morgan fingerprint density at radius 1 is 0.344 bits per heavy atom. The van der Waals surface area contributed by atoms with Crippen molar-refractivity contribution in [1.29, 1.82) is 0 Å². The van der Waals surface area contributed by atoms with E-state index in [1.807, 2.05) is 109 Å². The highest BCUT2D eigenvalue weighted by molar-refractivity contribution is 5.71. The van der Waals surface area contributed by atoms with Crippen LogP contribution in [0.25, 0.3) is 0 Å². The maximum Gasteiger partial charge on any atom is 0.306 e. The highest BCUT2D eigenvalue weighted by atomic mass is 16.6. The van der Waals surface area contributed by atoms with E-state index in [1.54, 1.807) is 0 Å². The summed E-state index contributed by atoms with van der Waals surface area (Å²) in [4.78, 5) is 37.8. The van der Waals surface area contributed by atoms with Crippen LogP contribution in [-0.2, 0) is 28.6 Å². The molecule has 0 aromatic rings. The summed E-state index contributed by atoms with van der Waals surface area (Å²) in [5.74, 6) is -1.06. The van der Waals surface area contributed by atoms with Gasteiger partial charge in [-0.2, -0.15) is 0 Å². The number of allylic oxidation sites excluding steroid dienone is 28. The van der Waals surface area contributed by atoms with Crippen molar-refractivity contribution in [1.82, 2.24) is 0 Å². The van der Waals surface area contributed by atoms with E-state index in [1.165, 1.54) is 6.42 Å². The summed E-state index contributed by atoms with van der Waals surface area (Å²) >= 11 is 0. The van der Waals surface area contributed by atoms with E-state index in [4.69, 9.17) is 14.2 Å². The summed E-state index contributed by atoms with van der Waals surface area (Å²) < 4.78 is 16.6. The molecule has 0 spiro atoms. The molecule has 0 aromatic carbocycles. The van der Waals surface area contributed by atoms with Crippen molar-refractivity contribution >= 4 is 17.9 Å². The van der Waals surface area contributed by atoms with Crippen molar-refractivity contribution in [3.63, 3.8) is 0 Å². The van der Waals surface area contributed by atoms with Crippen LogP contribution in [0.5, 0.6) is 0 Å². The third-order valence-corrected chi connectivity index (χ3v) is 9.24. The minimum atomic E-state index is -0.832. The third-order valence-electron chi connectivity index (χ3n) is 9.24. The lowest BCUT2D eigenvalue weighted by Gasteiger charge is -2.18. The second-order valence-electron chi connectivity index (χ2n) is 15.2. The molecule has 0 amide bonds. The Bertz CT molecular complexity index is 1570. The molecule has 0 radical (unpaired) electrons. The summed E-state index contributed by atoms with van der Waals surface area (Å²) in [7, 11) is 0. The normalized spacial score (nSPS) is 13.6. The second kappa shape index (κ2) is 50.4. The quantitative estimate of drug-likeness (QED) is 0.0201. The van der Waals surface area contributed by atoms with Crippen molar-refractivity contribution in [3.05, 3.63) is 170 Å². The number of esters is 3. The summed E-state index contributed by atoms with van der Waals surface area (Å²) in [5, 5.41) is 0. The van der Waals surface area contributed by atoms with Crippen molar-refractivity contribution < 1.29 is 28.6 Å². The zero-order valence-corrected chi connectivity index (χ0v) is 40.0. The van der Waals surface area contributed by atoms with E-state index >= 15 is 0 Å². The molecular formula is C58H84O6. The Morgan fingerprint density at radius 3 is 1.17 bits per heavy atom. The molecule has 0 bridgehead atoms. The minimum Gasteiger partial charge on any atom is -0.462 e. The molecule has 1 unspecified atom stereocenters. The van der Waals surface area contributed by atoms with Crippen molar-refractivity contribution in [2.75, 3.05) is 13.2 Å². The standard InChI is InChI=1S/C58H84O6/c1-4-7-10-13-16-19-21-23-25-27-29-31-32-34-36-39-42-45-48-51-57(60)63-54-55(53-62-56(59)50-47-44-41-38-18-15-12-9-6-3)64-58(61)52-49-46-43-40-37-35-33-30-28-26-24-22-20-17-14-11-8-5-2/h7,9-14,16-34,36,38,55H,4-6,8,15,35,37,39-54H2,1-3H3/b10-7-,12-9-,14-11-,16-13-,20-17-,21-19-,24-22-,25-23-,28-26-,29-27+,32-31-,33-30-,36-34-,38-18-. The average Bonchev–Trinajstić information content (AvgIpc) is 3.29. The number of unbranched alkanes of at least 4 members (excludes halogenated alkanes) is 11. The van der Waals surface area contributed by atoms with Gasteiger partial charge in [-0.3, -0.25) is 14.4 Å². The number of rotatable bonds is 40. The lowest BCUT2D eigenvalue weighted by molar-refractivity contribution is -0.167. The summed E-state index contributed by atoms with van der Waals surface area (Å²) in [6, 6.07) is 0. The largest absolute Gasteiger partial charge is 0.462 e. The van der Waals surface area contributed by atoms with Gasteiger partial charge in [-0.15, -0.1) is 0 Å². The van der Waals surface area contributed by atoms with E-state index in [0.29, 0.717) is 12.8 Å². The molecule has 1 atom stereocenters. The Hall–Kier alpha value is -5.23. The molecule has 352 valence electrons. The van der Waals surface area contributed by atoms with Gasteiger partial charge in [-0.1, -0.05) is 223 Å². The Labute approximate surface area is 390 Å². The molecule has 6 heteroatoms. The van der Waals surface area contributed by atoms with Crippen molar-refractivity contribution in [2.45, 2.75) is 162 Å². The van der Waals surface area contributed by atoms with Gasteiger partial charge < -0.3 is 14.2 Å². The molecule has 0 aliphatic heterocycles. The second-order valence-corrected chi connectivity index (χ2v) is 15.2. The van der Waals surface area contributed by atoms with Crippen molar-refractivity contribution in [3.8, 4) is 0 Å². The van der Waals surface area contributed by atoms with Crippen LogP contribution >= 0.6 is 0 Å². The molecule has 0 aliphatic carbocycles. The number of hydrogen-bond acceptors (Lipinski definition) is 6. The molecule has 0 saturated carbocycles. The summed E-state index contributed by atoms with van der Waals surface area (Å²) in [5.41, 5.74) is 0. The van der Waals surface area contributed by atoms with Crippen LogP contribution in [0.3, 0.4) is 0 Å². The van der Waals surface area contributed by atoms with Gasteiger partial charge in [-0.05, 0) is 83.5 Å². The molecule has 0 heterocycles. The molecule has 64 heavy (non-hydrogen) atoms. The minimum absolute atomic E-state index is 0.131. The van der Waals surface area contributed by atoms with Gasteiger partial charge in [-0.25, -0.2) is 0 Å². The fourth-order valence-electron chi connectivity index (χ4n) is 5.67. The van der Waals surface area contributed by atoms with E-state index in [-0.39, 0.29) is 50.4 Å². The first-order valence-electron chi connectivity index (χ1n) is 24.3. The van der Waals surface area contributed by atoms with Gasteiger partial charge in [0, 0.05) is 19.3 Å². The molecule has 0 aromatic heterocycles. The molecule has 0 saturated heterocycles. The van der Waals surface area contributed by atoms with Crippen LogP contribution < -0.4 is 0 Å². The Morgan fingerprint density at radius 2 is 0.688 bits per heavy atom. The van der Waals surface area contributed by atoms with Gasteiger partial charge in [0.25, 0.3) is 0 Å². The lowest BCUT2D eigenvalue weighted by Crippen LogP contribution is -2.30. The van der Waals surface area contributed by atoms with Crippen LogP contribution in [0.1, 0.15) is 156 Å². The van der Waals surface area contributed by atoms with Gasteiger partial charge in [0.15, 0.2) is 6.10 Å². The van der Waals surface area contributed by atoms with E-state index in [0.717, 1.165) is 96.3 Å². The Balaban J connectivity index is 4.58. The highest BCUT2D eigenvalue weighted by Gasteiger charge is 2.19. The van der Waals surface area contributed by atoms with Crippen LogP contribution in [0.4, 0.5) is 0 Å². The number of carbonyl (C=O) groups excluding carboxylic acids is 3. The van der Waals surface area contributed by atoms with Gasteiger partial charge in [0.05, 0.1) is 0 Å². The lowest BCUT2D eigenvalue weighted by atomic mass is 10.1. The Kier molecular flexibility index (Phi) is 46.3. The smallest absolute Gasteiger partial charge is 0.306 e. The maximum absolute atomic E-state index is 12.8. The topological polar surface area (TPSA) is 78.9 Å². The zero-order valence-electron chi connectivity index (χ0n) is 40.0. The first-order valence-corrected chi connectivity index (χ1v) is 24.3. The molecule has 6 nitrogen and oxygen atoms in total. The molecule has 0 N–H and O–H groups in total. The van der Waals surface area contributed by atoms with Gasteiger partial charge in [0.2, 0.25) is 0 Å². The first kappa shape index (κ1) is 58.8. The average molecular weight is 877 g/mol. The molecule has 0 fully saturated rings. The predicted octanol–water partition coefficient (Wildman–Crippen LogP) is 16.0. The summed E-state index contributed by atoms with van der Waals surface area (Å²) in [6.07, 6.45) is 74.8. The maximum atomic E-state index is 12.8. The van der Waals surface area contributed by atoms with Crippen LogP contribution in [0.2, 0.25) is 0 Å². The predicted molar refractivity (Wildman–Crippen MR) is 274 cm³/mol. The summed E-state index contributed by atoms with van der Waals surface area (Å²) in [6.45, 7) is 6.14. The van der Waals surface area contributed by atoms with Crippen LogP contribution in [-0.4, -0.2) is 37.2 Å². The highest BCUT2D eigenvalue weighted by Crippen LogP contribution is 2.11. The van der Waals surface area contributed by atoms with Gasteiger partial charge in [0.1, 0.15) is 13.2 Å². The zero-order chi connectivity index (χ0) is 46.5. The third kappa shape index (κ3) is 47.8. The van der Waals surface area contributed by atoms with E-state index < -0.39 is 6.10 Å². The number of hydrogen-bond donors (Lipinski definition) is 0. The fourth-order valence-corrected chi connectivity index (χ4v) is 5.67. The molecule has 0 rings (SSSR count). The van der Waals surface area contributed by atoms with Crippen LogP contribution in [0, 0.1) is 0 Å². The monoisotopic (exact) mass is 877 g/mol. The van der Waals surface area contributed by atoms with Crippen LogP contribution in [0.15, 0.2) is 170 Å². The first-order chi connectivity index (χ1) is 31.5. The SMILES string of the molecule is CC\C=C/C=C\C=C/C=C\C=C\C=C/C=C\CCCCCC(=O)OCC(COC(=O)CCCC/C=C\C/C=C\CC)OC(=O)CCCCCCC\C=C/C=C\C=C/C=C\C=C/CCC. The van der Waals surface area contributed by atoms with E-state index in [2.05, 4.69) is 81.5 Å². The molecule has 0 aliphatic rings. The van der Waals surface area contributed by atoms with E-state index in [9.17, 15) is 14.4 Å². The van der Waals surface area contributed by atoms with Gasteiger partial charge >= 0.3 is 17.9 Å². The van der Waals surface area contributed by atoms with Crippen molar-refractivity contribution in [2.24, 2.45) is 0 Å². The number of carbonyl (C=O) groups is 3. The fraction of sp³-hybridized carbons (Fsp3) is 0.466. The molecular weight excluding hydrogens is 793 g/mol. The number of ether oxygens (including phenoxy) is 3.